The number of carbonyl (C=O) groups excluding carboxylic acids is 1. The Morgan fingerprint density at radius 2 is 1.83 bits per heavy atom. The monoisotopic (exact) mass is 395 g/mol. The summed E-state index contributed by atoms with van der Waals surface area (Å²) in [5.74, 6) is 3.28. The maximum absolute atomic E-state index is 12.1. The molecule has 0 saturated carbocycles. The SMILES string of the molecule is Cc1ccnc(Nc2cc(NCCNC(=O)Cc3c(C)noc3C)nc(C)n2)c1. The lowest BCUT2D eigenvalue weighted by atomic mass is 10.1. The zero-order chi connectivity index (χ0) is 20.8. The predicted octanol–water partition coefficient (Wildman–Crippen LogP) is 2.61. The first-order valence-electron chi connectivity index (χ1n) is 9.38. The van der Waals surface area contributed by atoms with Crippen LogP contribution in [0.25, 0.3) is 0 Å². The van der Waals surface area contributed by atoms with Crippen LogP contribution in [0, 0.1) is 27.7 Å². The van der Waals surface area contributed by atoms with Crippen LogP contribution in [0.15, 0.2) is 28.9 Å². The first kappa shape index (κ1) is 20.2. The average molecular weight is 395 g/mol. The highest BCUT2D eigenvalue weighted by molar-refractivity contribution is 5.79. The van der Waals surface area contributed by atoms with Gasteiger partial charge >= 0.3 is 0 Å². The fraction of sp³-hybridized carbons (Fsp3) is 0.350. The molecule has 0 radical (unpaired) electrons. The number of amides is 1. The second kappa shape index (κ2) is 9.13. The summed E-state index contributed by atoms with van der Waals surface area (Å²) in [6.07, 6.45) is 2.00. The molecule has 29 heavy (non-hydrogen) atoms. The van der Waals surface area contributed by atoms with Crippen LogP contribution in [0.3, 0.4) is 0 Å². The molecule has 9 heteroatoms. The van der Waals surface area contributed by atoms with Crippen LogP contribution in [0.4, 0.5) is 17.5 Å². The van der Waals surface area contributed by atoms with Gasteiger partial charge in [-0.05, 0) is 45.4 Å². The first-order chi connectivity index (χ1) is 13.9. The standard InChI is InChI=1S/C20H25N7O2/c1-12-5-6-21-17(9-12)26-19-11-18(24-15(4)25-19)22-7-8-23-20(28)10-16-13(2)27-29-14(16)3/h5-6,9,11H,7-8,10H2,1-4H3,(H,23,28)(H2,21,22,24,25,26). The minimum atomic E-state index is -0.0760. The number of nitrogens with zero attached hydrogens (tertiary/aromatic N) is 4. The largest absolute Gasteiger partial charge is 0.368 e. The molecule has 3 rings (SSSR count). The highest BCUT2D eigenvalue weighted by Crippen LogP contribution is 2.16. The Kier molecular flexibility index (Phi) is 6.38. The van der Waals surface area contributed by atoms with Crippen LogP contribution < -0.4 is 16.0 Å². The topological polar surface area (TPSA) is 118 Å². The van der Waals surface area contributed by atoms with Gasteiger partial charge < -0.3 is 20.5 Å². The fourth-order valence-corrected chi connectivity index (χ4v) is 2.83. The van der Waals surface area contributed by atoms with E-state index in [9.17, 15) is 4.79 Å². The number of rotatable bonds is 8. The molecule has 0 aliphatic carbocycles. The third-order valence-electron chi connectivity index (χ3n) is 4.28. The number of hydrogen-bond donors (Lipinski definition) is 3. The van der Waals surface area contributed by atoms with Gasteiger partial charge in [0, 0.05) is 30.9 Å². The Hall–Kier alpha value is -3.49. The third-order valence-corrected chi connectivity index (χ3v) is 4.28. The first-order valence-corrected chi connectivity index (χ1v) is 9.38. The van der Waals surface area contributed by atoms with E-state index in [1.54, 1.807) is 13.1 Å². The lowest BCUT2D eigenvalue weighted by Gasteiger charge is -2.11. The van der Waals surface area contributed by atoms with Crippen molar-refractivity contribution in [2.45, 2.75) is 34.1 Å². The molecule has 0 saturated heterocycles. The highest BCUT2D eigenvalue weighted by atomic mass is 16.5. The molecule has 0 spiro atoms. The Morgan fingerprint density at radius 3 is 2.55 bits per heavy atom. The number of aryl methyl sites for hydroxylation is 4. The average Bonchev–Trinajstić information content (AvgIpc) is 2.97. The molecule has 3 aromatic rings. The molecule has 0 unspecified atom stereocenters. The summed E-state index contributed by atoms with van der Waals surface area (Å²) in [6.45, 7) is 8.46. The normalized spacial score (nSPS) is 10.6. The van der Waals surface area contributed by atoms with Gasteiger partial charge in [0.25, 0.3) is 0 Å². The van der Waals surface area contributed by atoms with Crippen LogP contribution in [0.1, 0.15) is 28.4 Å². The molecule has 0 bridgehead atoms. The van der Waals surface area contributed by atoms with E-state index in [1.165, 1.54) is 0 Å². The number of carbonyl (C=O) groups is 1. The van der Waals surface area contributed by atoms with Gasteiger partial charge in [0.15, 0.2) is 0 Å². The minimum Gasteiger partial charge on any atom is -0.368 e. The van der Waals surface area contributed by atoms with Gasteiger partial charge in [-0.1, -0.05) is 5.16 Å². The molecular formula is C20H25N7O2. The molecule has 0 aromatic carbocycles. The van der Waals surface area contributed by atoms with E-state index in [2.05, 4.69) is 36.1 Å². The van der Waals surface area contributed by atoms with Crippen molar-refractivity contribution < 1.29 is 9.32 Å². The van der Waals surface area contributed by atoms with Crippen molar-refractivity contribution in [1.29, 1.82) is 0 Å². The van der Waals surface area contributed by atoms with E-state index in [0.717, 1.165) is 22.6 Å². The highest BCUT2D eigenvalue weighted by Gasteiger charge is 2.13. The second-order valence-electron chi connectivity index (χ2n) is 6.79. The van der Waals surface area contributed by atoms with E-state index < -0.39 is 0 Å². The molecule has 0 aliphatic rings. The summed E-state index contributed by atoms with van der Waals surface area (Å²) < 4.78 is 5.08. The molecule has 0 aliphatic heterocycles. The maximum atomic E-state index is 12.1. The summed E-state index contributed by atoms with van der Waals surface area (Å²) in [4.78, 5) is 25.2. The molecule has 152 valence electrons. The smallest absolute Gasteiger partial charge is 0.224 e. The fourth-order valence-electron chi connectivity index (χ4n) is 2.83. The molecule has 0 fully saturated rings. The Morgan fingerprint density at radius 1 is 1.03 bits per heavy atom. The van der Waals surface area contributed by atoms with Gasteiger partial charge in [-0.3, -0.25) is 4.79 Å². The Bertz CT molecular complexity index is 981. The quantitative estimate of drug-likeness (QED) is 0.498. The molecule has 3 N–H and O–H groups in total. The van der Waals surface area contributed by atoms with E-state index in [0.29, 0.717) is 36.3 Å². The Balaban J connectivity index is 1.50. The summed E-state index contributed by atoms with van der Waals surface area (Å²) in [6, 6.07) is 5.69. The van der Waals surface area contributed by atoms with Crippen molar-refractivity contribution in [2.24, 2.45) is 0 Å². The number of pyridine rings is 1. The molecule has 9 nitrogen and oxygen atoms in total. The van der Waals surface area contributed by atoms with Gasteiger partial charge in [0.05, 0.1) is 12.1 Å². The van der Waals surface area contributed by atoms with E-state index in [1.807, 2.05) is 39.0 Å². The van der Waals surface area contributed by atoms with Crippen LogP contribution in [-0.2, 0) is 11.2 Å². The van der Waals surface area contributed by atoms with Gasteiger partial charge in [-0.15, -0.1) is 0 Å². The van der Waals surface area contributed by atoms with E-state index in [-0.39, 0.29) is 12.3 Å². The lowest BCUT2D eigenvalue weighted by molar-refractivity contribution is -0.120. The molecule has 3 heterocycles. The van der Waals surface area contributed by atoms with Crippen molar-refractivity contribution in [1.82, 2.24) is 25.4 Å². The number of hydrogen-bond acceptors (Lipinski definition) is 8. The lowest BCUT2D eigenvalue weighted by Crippen LogP contribution is -2.30. The van der Waals surface area contributed by atoms with Crippen molar-refractivity contribution >= 4 is 23.4 Å². The summed E-state index contributed by atoms with van der Waals surface area (Å²) in [5, 5.41) is 13.1. The van der Waals surface area contributed by atoms with Crippen molar-refractivity contribution in [3.8, 4) is 0 Å². The zero-order valence-corrected chi connectivity index (χ0v) is 17.0. The zero-order valence-electron chi connectivity index (χ0n) is 17.0. The van der Waals surface area contributed by atoms with Crippen molar-refractivity contribution in [3.63, 3.8) is 0 Å². The second-order valence-corrected chi connectivity index (χ2v) is 6.79. The number of aromatic nitrogens is 4. The van der Waals surface area contributed by atoms with Gasteiger partial charge in [0.1, 0.15) is 29.0 Å². The maximum Gasteiger partial charge on any atom is 0.224 e. The van der Waals surface area contributed by atoms with E-state index >= 15 is 0 Å². The van der Waals surface area contributed by atoms with Gasteiger partial charge in [-0.2, -0.15) is 0 Å². The summed E-state index contributed by atoms with van der Waals surface area (Å²) in [7, 11) is 0. The van der Waals surface area contributed by atoms with Crippen LogP contribution >= 0.6 is 0 Å². The molecule has 3 aromatic heterocycles. The van der Waals surface area contributed by atoms with Crippen molar-refractivity contribution in [3.05, 3.63) is 52.8 Å². The molecular weight excluding hydrogens is 370 g/mol. The number of anilines is 3. The summed E-state index contributed by atoms with van der Waals surface area (Å²) in [5.41, 5.74) is 2.69. The minimum absolute atomic E-state index is 0.0760. The number of nitrogens with one attached hydrogen (secondary N) is 3. The van der Waals surface area contributed by atoms with Crippen molar-refractivity contribution in [2.75, 3.05) is 23.7 Å². The van der Waals surface area contributed by atoms with Crippen LogP contribution in [0.5, 0.6) is 0 Å². The predicted molar refractivity (Wildman–Crippen MR) is 110 cm³/mol. The summed E-state index contributed by atoms with van der Waals surface area (Å²) >= 11 is 0. The van der Waals surface area contributed by atoms with Crippen LogP contribution in [0.2, 0.25) is 0 Å². The van der Waals surface area contributed by atoms with Crippen LogP contribution in [-0.4, -0.2) is 39.1 Å². The van der Waals surface area contributed by atoms with E-state index in [4.69, 9.17) is 4.52 Å². The molecule has 1 amide bonds. The third kappa shape index (κ3) is 5.74. The Labute approximate surface area is 169 Å². The van der Waals surface area contributed by atoms with Gasteiger partial charge in [-0.25, -0.2) is 15.0 Å². The van der Waals surface area contributed by atoms with Gasteiger partial charge in [0.2, 0.25) is 5.91 Å². The molecule has 0 atom stereocenters.